The van der Waals surface area contributed by atoms with Gasteiger partial charge in [-0.05, 0) is 30.3 Å². The fourth-order valence-corrected chi connectivity index (χ4v) is 3.42. The van der Waals surface area contributed by atoms with E-state index in [0.29, 0.717) is 43.0 Å². The van der Waals surface area contributed by atoms with Crippen LogP contribution in [-0.4, -0.2) is 48.5 Å². The smallest absolute Gasteiger partial charge is 0.408 e. The molecule has 3 aromatic rings. The van der Waals surface area contributed by atoms with Crippen molar-refractivity contribution >= 4 is 40.0 Å². The van der Waals surface area contributed by atoms with E-state index >= 15 is 0 Å². The van der Waals surface area contributed by atoms with E-state index in [4.69, 9.17) is 16.0 Å². The van der Waals surface area contributed by atoms with E-state index in [-0.39, 0.29) is 17.5 Å². The summed E-state index contributed by atoms with van der Waals surface area (Å²) in [6.07, 6.45) is 0. The number of nitrogens with zero attached hydrogens (tertiary/aromatic N) is 2. The van der Waals surface area contributed by atoms with Crippen molar-refractivity contribution in [3.05, 3.63) is 57.8 Å². The quantitative estimate of drug-likeness (QED) is 0.698. The van der Waals surface area contributed by atoms with Crippen LogP contribution < -0.4 is 16.0 Å². The van der Waals surface area contributed by atoms with Gasteiger partial charge < -0.3 is 19.5 Å². The highest BCUT2D eigenvalue weighted by molar-refractivity contribution is 6.31. The molecule has 2 aromatic carbocycles. The van der Waals surface area contributed by atoms with Crippen LogP contribution in [0.4, 0.5) is 15.8 Å². The third-order valence-corrected chi connectivity index (χ3v) is 5.06. The minimum absolute atomic E-state index is 0.0209. The largest absolute Gasteiger partial charge is 0.417 e. The second kappa shape index (κ2) is 7.55. The third-order valence-electron chi connectivity index (χ3n) is 4.77. The van der Waals surface area contributed by atoms with Crippen molar-refractivity contribution in [1.29, 1.82) is 0 Å². The van der Waals surface area contributed by atoms with Crippen molar-refractivity contribution in [2.75, 3.05) is 42.9 Å². The predicted molar refractivity (Wildman–Crippen MR) is 106 cm³/mol. The summed E-state index contributed by atoms with van der Waals surface area (Å²) in [5.74, 6) is -0.974. The molecule has 7 nitrogen and oxygen atoms in total. The van der Waals surface area contributed by atoms with Gasteiger partial charge in [0.2, 0.25) is 5.91 Å². The molecule has 0 bridgehead atoms. The first-order valence-electron chi connectivity index (χ1n) is 8.84. The minimum atomic E-state index is -0.511. The predicted octanol–water partition coefficient (Wildman–Crippen LogP) is 2.67. The highest BCUT2D eigenvalue weighted by Crippen LogP contribution is 2.23. The van der Waals surface area contributed by atoms with Gasteiger partial charge in [0.15, 0.2) is 5.58 Å². The van der Waals surface area contributed by atoms with Crippen molar-refractivity contribution in [2.45, 2.75) is 0 Å². The molecule has 1 fully saturated rings. The molecule has 28 heavy (non-hydrogen) atoms. The van der Waals surface area contributed by atoms with E-state index in [1.807, 2.05) is 0 Å². The summed E-state index contributed by atoms with van der Waals surface area (Å²) in [6.45, 7) is 2.58. The van der Waals surface area contributed by atoms with Gasteiger partial charge in [-0.1, -0.05) is 11.6 Å². The second-order valence-corrected chi connectivity index (χ2v) is 6.95. The fourth-order valence-electron chi connectivity index (χ4n) is 3.24. The molecule has 0 saturated carbocycles. The monoisotopic (exact) mass is 404 g/mol. The zero-order valence-corrected chi connectivity index (χ0v) is 15.6. The van der Waals surface area contributed by atoms with E-state index in [2.05, 4.69) is 15.2 Å². The molecule has 1 saturated heterocycles. The maximum absolute atomic E-state index is 13.3. The Morgan fingerprint density at radius 3 is 2.71 bits per heavy atom. The van der Waals surface area contributed by atoms with Crippen molar-refractivity contribution in [2.24, 2.45) is 0 Å². The van der Waals surface area contributed by atoms with Crippen molar-refractivity contribution in [3.8, 4) is 0 Å². The molecular weight excluding hydrogens is 387 g/mol. The van der Waals surface area contributed by atoms with E-state index in [1.165, 1.54) is 6.07 Å². The molecule has 1 aliphatic heterocycles. The average Bonchev–Trinajstić information content (AvgIpc) is 3.07. The van der Waals surface area contributed by atoms with Gasteiger partial charge in [-0.15, -0.1) is 0 Å². The van der Waals surface area contributed by atoms with E-state index in [1.54, 1.807) is 35.2 Å². The number of aromatic nitrogens is 1. The molecule has 146 valence electrons. The number of hydrogen-bond acceptors (Lipinski definition) is 5. The summed E-state index contributed by atoms with van der Waals surface area (Å²) in [6, 6.07) is 9.82. The molecular formula is C19H18ClFN4O3. The van der Waals surface area contributed by atoms with Crippen molar-refractivity contribution in [1.82, 2.24) is 9.88 Å². The molecule has 1 amide bonds. The molecule has 9 heteroatoms. The lowest BCUT2D eigenvalue weighted by Gasteiger charge is -2.36. The Balaban J connectivity index is 1.32. The van der Waals surface area contributed by atoms with Crippen LogP contribution in [0.25, 0.3) is 11.1 Å². The number of nitrogens with one attached hydrogen (secondary N) is 2. The first kappa shape index (κ1) is 18.4. The Labute approximate surface area is 164 Å². The Bertz CT molecular complexity index is 1070. The molecule has 0 spiro atoms. The Kier molecular flexibility index (Phi) is 4.95. The molecule has 2 N–H and O–H groups in total. The summed E-state index contributed by atoms with van der Waals surface area (Å²) < 4.78 is 18.3. The van der Waals surface area contributed by atoms with Gasteiger partial charge in [-0.3, -0.25) is 9.78 Å². The van der Waals surface area contributed by atoms with Gasteiger partial charge >= 0.3 is 5.76 Å². The maximum atomic E-state index is 13.3. The summed E-state index contributed by atoms with van der Waals surface area (Å²) >= 11 is 5.85. The van der Waals surface area contributed by atoms with E-state index in [0.717, 1.165) is 5.69 Å². The van der Waals surface area contributed by atoms with Gasteiger partial charge in [0.25, 0.3) is 0 Å². The third kappa shape index (κ3) is 3.82. The molecule has 4 rings (SSSR count). The number of carbonyl (C=O) groups excluding carboxylic acids is 1. The topological polar surface area (TPSA) is 81.6 Å². The van der Waals surface area contributed by atoms with Crippen molar-refractivity contribution in [3.63, 3.8) is 0 Å². The Hall–Kier alpha value is -3.00. The normalized spacial score (nSPS) is 14.5. The van der Waals surface area contributed by atoms with Crippen LogP contribution >= 0.6 is 11.6 Å². The molecule has 0 unspecified atom stereocenters. The average molecular weight is 405 g/mol. The molecule has 0 atom stereocenters. The number of amides is 1. The number of hydrogen-bond donors (Lipinski definition) is 2. The number of piperazine rings is 1. The van der Waals surface area contributed by atoms with Gasteiger partial charge in [0.05, 0.1) is 17.1 Å². The molecule has 0 aliphatic carbocycles. The number of halogens is 2. The number of oxazole rings is 1. The van der Waals surface area contributed by atoms with Crippen LogP contribution in [0.5, 0.6) is 0 Å². The van der Waals surface area contributed by atoms with Gasteiger partial charge in [0.1, 0.15) is 5.82 Å². The van der Waals surface area contributed by atoms with E-state index in [9.17, 15) is 14.0 Å². The number of benzene rings is 2. The Morgan fingerprint density at radius 2 is 1.96 bits per heavy atom. The number of carbonyl (C=O) groups is 1. The number of rotatable bonds is 4. The zero-order valence-electron chi connectivity index (χ0n) is 14.9. The van der Waals surface area contributed by atoms with Gasteiger partial charge in [-0.2, -0.15) is 0 Å². The number of aromatic amines is 1. The molecule has 1 aromatic heterocycles. The first-order chi connectivity index (χ1) is 13.5. The Morgan fingerprint density at radius 1 is 1.18 bits per heavy atom. The van der Waals surface area contributed by atoms with Crippen LogP contribution in [0.15, 0.2) is 45.6 Å². The van der Waals surface area contributed by atoms with Crippen LogP contribution in [0.1, 0.15) is 0 Å². The van der Waals surface area contributed by atoms with Crippen LogP contribution in [0.2, 0.25) is 5.02 Å². The standard InChI is InChI=1S/C19H18ClFN4O3/c20-14-10-13(2-3-15(14)21)24-5-7-25(8-6-24)18(26)11-22-12-1-4-16-17(9-12)28-19(27)23-16/h1-4,9-10,22H,5-8,11H2,(H,23,27). The summed E-state index contributed by atoms with van der Waals surface area (Å²) in [5, 5.41) is 3.15. The highest BCUT2D eigenvalue weighted by Gasteiger charge is 2.21. The van der Waals surface area contributed by atoms with Gasteiger partial charge in [0, 0.05) is 43.6 Å². The van der Waals surface area contributed by atoms with Crippen molar-refractivity contribution < 1.29 is 13.6 Å². The number of H-pyrrole nitrogens is 1. The molecule has 0 radical (unpaired) electrons. The van der Waals surface area contributed by atoms with Crippen LogP contribution in [0, 0.1) is 5.82 Å². The SMILES string of the molecule is O=C(CNc1ccc2[nH]c(=O)oc2c1)N1CCN(c2ccc(F)c(Cl)c2)CC1. The lowest BCUT2D eigenvalue weighted by atomic mass is 10.2. The zero-order chi connectivity index (χ0) is 19.7. The number of anilines is 2. The summed E-state index contributed by atoms with van der Waals surface area (Å²) in [5.41, 5.74) is 2.59. The molecule has 2 heterocycles. The minimum Gasteiger partial charge on any atom is -0.408 e. The fraction of sp³-hybridized carbons (Fsp3) is 0.263. The first-order valence-corrected chi connectivity index (χ1v) is 9.22. The van der Waals surface area contributed by atoms with Crippen LogP contribution in [0.3, 0.4) is 0 Å². The van der Waals surface area contributed by atoms with Crippen LogP contribution in [-0.2, 0) is 4.79 Å². The second-order valence-electron chi connectivity index (χ2n) is 6.55. The lowest BCUT2D eigenvalue weighted by molar-refractivity contribution is -0.129. The summed E-state index contributed by atoms with van der Waals surface area (Å²) in [4.78, 5) is 30.1. The maximum Gasteiger partial charge on any atom is 0.417 e. The molecule has 1 aliphatic rings. The van der Waals surface area contributed by atoms with Gasteiger partial charge in [-0.25, -0.2) is 9.18 Å². The number of fused-ring (bicyclic) bond motifs is 1. The van der Waals surface area contributed by atoms with E-state index < -0.39 is 11.6 Å². The highest BCUT2D eigenvalue weighted by atomic mass is 35.5. The lowest BCUT2D eigenvalue weighted by Crippen LogP contribution is -2.50. The summed E-state index contributed by atoms with van der Waals surface area (Å²) in [7, 11) is 0.